The lowest BCUT2D eigenvalue weighted by Gasteiger charge is -2.20. The Balaban J connectivity index is 2.30. The Morgan fingerprint density at radius 1 is 1.43 bits per heavy atom. The van der Waals surface area contributed by atoms with E-state index in [-0.39, 0.29) is 30.1 Å². The highest BCUT2D eigenvalue weighted by Gasteiger charge is 2.23. The van der Waals surface area contributed by atoms with Gasteiger partial charge in [-0.25, -0.2) is 0 Å². The number of benzene rings is 1. The zero-order valence-corrected chi connectivity index (χ0v) is 11.2. The molecule has 0 spiro atoms. The van der Waals surface area contributed by atoms with Gasteiger partial charge in [0.05, 0.1) is 16.2 Å². The molecule has 21 heavy (non-hydrogen) atoms. The fourth-order valence-electron chi connectivity index (χ4n) is 2.09. The summed E-state index contributed by atoms with van der Waals surface area (Å²) in [5.74, 6) is 4.82. The van der Waals surface area contributed by atoms with Gasteiger partial charge < -0.3 is 15.6 Å². The molecule has 0 bridgehead atoms. The van der Waals surface area contributed by atoms with E-state index in [0.29, 0.717) is 18.8 Å². The van der Waals surface area contributed by atoms with E-state index in [9.17, 15) is 19.7 Å². The van der Waals surface area contributed by atoms with Gasteiger partial charge in [0.2, 0.25) is 5.91 Å². The van der Waals surface area contributed by atoms with Gasteiger partial charge in [-0.05, 0) is 6.07 Å². The smallest absolute Gasteiger partial charge is 0.270 e. The molecule has 2 rings (SSSR count). The summed E-state index contributed by atoms with van der Waals surface area (Å²) in [5.41, 5.74) is 2.57. The number of carbonyl (C=O) groups is 2. The maximum atomic E-state index is 12.5. The molecular formula is C12H15N5O4. The molecule has 0 aromatic heterocycles. The number of amides is 2. The third-order valence-corrected chi connectivity index (χ3v) is 3.20. The van der Waals surface area contributed by atoms with Gasteiger partial charge in [-0.1, -0.05) is 0 Å². The van der Waals surface area contributed by atoms with E-state index in [0.717, 1.165) is 0 Å². The second-order valence-corrected chi connectivity index (χ2v) is 4.52. The number of nitrogen functional groups attached to an aromatic ring is 1. The van der Waals surface area contributed by atoms with Crippen molar-refractivity contribution in [1.82, 2.24) is 10.2 Å². The van der Waals surface area contributed by atoms with Crippen LogP contribution in [0.25, 0.3) is 0 Å². The first kappa shape index (κ1) is 14.7. The van der Waals surface area contributed by atoms with Crippen molar-refractivity contribution < 1.29 is 14.5 Å². The molecule has 0 unspecified atom stereocenters. The Bertz CT molecular complexity index is 589. The van der Waals surface area contributed by atoms with Crippen molar-refractivity contribution >= 4 is 23.2 Å². The van der Waals surface area contributed by atoms with Crippen LogP contribution < -0.4 is 16.6 Å². The monoisotopic (exact) mass is 293 g/mol. The fourth-order valence-corrected chi connectivity index (χ4v) is 2.09. The first-order valence-corrected chi connectivity index (χ1v) is 6.34. The lowest BCUT2D eigenvalue weighted by atomic mass is 10.1. The van der Waals surface area contributed by atoms with Crippen LogP contribution in [-0.2, 0) is 4.79 Å². The van der Waals surface area contributed by atoms with Crippen molar-refractivity contribution in [3.8, 4) is 0 Å². The number of nitrogens with zero attached hydrogens (tertiary/aromatic N) is 2. The molecule has 0 aliphatic carbocycles. The largest absolute Gasteiger partial charge is 0.354 e. The topological polar surface area (TPSA) is 131 Å². The maximum Gasteiger partial charge on any atom is 0.270 e. The number of hydrazine groups is 1. The van der Waals surface area contributed by atoms with Crippen molar-refractivity contribution in [2.75, 3.05) is 25.1 Å². The molecule has 1 heterocycles. The van der Waals surface area contributed by atoms with Crippen LogP contribution in [0.15, 0.2) is 18.2 Å². The van der Waals surface area contributed by atoms with Crippen LogP contribution in [0.3, 0.4) is 0 Å². The summed E-state index contributed by atoms with van der Waals surface area (Å²) in [6.07, 6.45) is 0.200. The highest BCUT2D eigenvalue weighted by molar-refractivity contribution is 6.00. The Labute approximate surface area is 120 Å². The van der Waals surface area contributed by atoms with Crippen molar-refractivity contribution in [3.05, 3.63) is 33.9 Å². The molecule has 1 saturated heterocycles. The number of rotatable bonds is 3. The zero-order valence-electron chi connectivity index (χ0n) is 11.2. The lowest BCUT2D eigenvalue weighted by Crippen LogP contribution is -2.34. The number of nitrogens with two attached hydrogens (primary N) is 1. The van der Waals surface area contributed by atoms with Crippen LogP contribution in [0.4, 0.5) is 11.4 Å². The molecule has 4 N–H and O–H groups in total. The summed E-state index contributed by atoms with van der Waals surface area (Å²) >= 11 is 0. The summed E-state index contributed by atoms with van der Waals surface area (Å²) < 4.78 is 0. The molecule has 2 amide bonds. The number of nitrogens with one attached hydrogen (secondary N) is 2. The van der Waals surface area contributed by atoms with Crippen LogP contribution in [-0.4, -0.2) is 41.3 Å². The number of non-ortho nitro benzene ring substituents is 1. The van der Waals surface area contributed by atoms with E-state index in [1.54, 1.807) is 0 Å². The van der Waals surface area contributed by atoms with E-state index in [2.05, 4.69) is 10.7 Å². The Morgan fingerprint density at radius 2 is 2.19 bits per heavy atom. The third kappa shape index (κ3) is 3.26. The van der Waals surface area contributed by atoms with E-state index >= 15 is 0 Å². The van der Waals surface area contributed by atoms with Gasteiger partial charge in [0.1, 0.15) is 0 Å². The van der Waals surface area contributed by atoms with Gasteiger partial charge in [-0.2, -0.15) is 0 Å². The van der Waals surface area contributed by atoms with Crippen molar-refractivity contribution in [2.24, 2.45) is 5.84 Å². The number of carbonyl (C=O) groups excluding carboxylic acids is 2. The Hall–Kier alpha value is -2.68. The quantitative estimate of drug-likeness (QED) is 0.403. The first-order chi connectivity index (χ1) is 10.0. The van der Waals surface area contributed by atoms with Crippen molar-refractivity contribution in [2.45, 2.75) is 6.42 Å². The number of nitro benzene ring substituents is 1. The number of hydrogen-bond donors (Lipinski definition) is 3. The van der Waals surface area contributed by atoms with Crippen molar-refractivity contribution in [1.29, 1.82) is 0 Å². The minimum atomic E-state index is -0.579. The predicted molar refractivity (Wildman–Crippen MR) is 74.4 cm³/mol. The summed E-state index contributed by atoms with van der Waals surface area (Å²) in [6, 6.07) is 3.82. The SMILES string of the molecule is NNc1ccc([N+](=O)[O-])cc1C(=O)N1CCNC(=O)CC1. The molecule has 1 aromatic carbocycles. The summed E-state index contributed by atoms with van der Waals surface area (Å²) in [6.45, 7) is 0.958. The van der Waals surface area contributed by atoms with Gasteiger partial charge in [-0.15, -0.1) is 0 Å². The average Bonchev–Trinajstić information content (AvgIpc) is 2.70. The van der Waals surface area contributed by atoms with E-state index in [1.165, 1.54) is 23.1 Å². The molecule has 1 aliphatic heterocycles. The first-order valence-electron chi connectivity index (χ1n) is 6.34. The summed E-state index contributed by atoms with van der Waals surface area (Å²) in [7, 11) is 0. The van der Waals surface area contributed by atoms with Gasteiger partial charge in [-0.3, -0.25) is 25.5 Å². The molecule has 9 heteroatoms. The molecule has 1 aromatic rings. The number of anilines is 1. The number of nitro groups is 1. The Morgan fingerprint density at radius 3 is 2.86 bits per heavy atom. The molecule has 0 atom stereocenters. The van der Waals surface area contributed by atoms with Crippen LogP contribution in [0.5, 0.6) is 0 Å². The second kappa shape index (κ2) is 6.18. The maximum absolute atomic E-state index is 12.5. The standard InChI is InChI=1S/C12H15N5O4/c13-15-10-2-1-8(17(20)21)7-9(10)12(19)16-5-3-11(18)14-4-6-16/h1-2,7,15H,3-6,13H2,(H,14,18). The van der Waals surface area contributed by atoms with Gasteiger partial charge in [0, 0.05) is 38.2 Å². The molecule has 112 valence electrons. The molecular weight excluding hydrogens is 278 g/mol. The minimum absolute atomic E-state index is 0.112. The van der Waals surface area contributed by atoms with Crippen LogP contribution in [0, 0.1) is 10.1 Å². The van der Waals surface area contributed by atoms with E-state index in [1.807, 2.05) is 0 Å². The fraction of sp³-hybridized carbons (Fsp3) is 0.333. The normalized spacial score (nSPS) is 15.1. The summed E-state index contributed by atoms with van der Waals surface area (Å²) in [5, 5.41) is 13.5. The zero-order chi connectivity index (χ0) is 15.4. The average molecular weight is 293 g/mol. The predicted octanol–water partition coefficient (Wildman–Crippen LogP) is -0.157. The second-order valence-electron chi connectivity index (χ2n) is 4.52. The van der Waals surface area contributed by atoms with Crippen LogP contribution in [0.1, 0.15) is 16.8 Å². The Kier molecular flexibility index (Phi) is 4.33. The lowest BCUT2D eigenvalue weighted by molar-refractivity contribution is -0.384. The molecule has 1 aliphatic rings. The van der Waals surface area contributed by atoms with Crippen molar-refractivity contribution in [3.63, 3.8) is 0 Å². The highest BCUT2D eigenvalue weighted by atomic mass is 16.6. The summed E-state index contributed by atoms with van der Waals surface area (Å²) in [4.78, 5) is 35.5. The van der Waals surface area contributed by atoms with Crippen LogP contribution >= 0.6 is 0 Å². The van der Waals surface area contributed by atoms with E-state index in [4.69, 9.17) is 5.84 Å². The van der Waals surface area contributed by atoms with Gasteiger partial charge >= 0.3 is 0 Å². The highest BCUT2D eigenvalue weighted by Crippen LogP contribution is 2.23. The van der Waals surface area contributed by atoms with Crippen LogP contribution in [0.2, 0.25) is 0 Å². The third-order valence-electron chi connectivity index (χ3n) is 3.20. The number of hydrogen-bond acceptors (Lipinski definition) is 6. The minimum Gasteiger partial charge on any atom is -0.354 e. The van der Waals surface area contributed by atoms with E-state index < -0.39 is 10.8 Å². The molecule has 1 fully saturated rings. The molecule has 9 nitrogen and oxygen atoms in total. The molecule has 0 radical (unpaired) electrons. The van der Waals surface area contributed by atoms with Gasteiger partial charge in [0.15, 0.2) is 0 Å². The molecule has 0 saturated carbocycles. The van der Waals surface area contributed by atoms with Gasteiger partial charge in [0.25, 0.3) is 11.6 Å².